The molecule has 0 aliphatic rings. The van der Waals surface area contributed by atoms with Crippen molar-refractivity contribution in [1.29, 1.82) is 0 Å². The number of nitro groups is 1. The highest BCUT2D eigenvalue weighted by Crippen LogP contribution is 2.16. The van der Waals surface area contributed by atoms with Gasteiger partial charge in [-0.1, -0.05) is 30.3 Å². The number of amides is 1. The van der Waals surface area contributed by atoms with E-state index in [0.29, 0.717) is 11.3 Å². The molecule has 1 atom stereocenters. The summed E-state index contributed by atoms with van der Waals surface area (Å²) in [5.41, 5.74) is -0.172. The highest BCUT2D eigenvalue weighted by atomic mass is 16.6. The summed E-state index contributed by atoms with van der Waals surface area (Å²) in [6.45, 7) is 5.13. The lowest BCUT2D eigenvalue weighted by Crippen LogP contribution is -2.46. The van der Waals surface area contributed by atoms with Crippen molar-refractivity contribution in [1.82, 2.24) is 5.32 Å². The first kappa shape index (κ1) is 20.9. The summed E-state index contributed by atoms with van der Waals surface area (Å²) in [6, 6.07) is 13.1. The fourth-order valence-corrected chi connectivity index (χ4v) is 2.31. The number of nitrogens with one attached hydrogen (secondary N) is 1. The molecule has 0 radical (unpaired) electrons. The van der Waals surface area contributed by atoms with Crippen molar-refractivity contribution in [3.05, 3.63) is 70.3 Å². The lowest BCUT2D eigenvalue weighted by molar-refractivity contribution is -0.384. The molecule has 0 aromatic heterocycles. The molecule has 8 nitrogen and oxygen atoms in total. The quantitative estimate of drug-likeness (QED) is 0.351. The number of carbonyl (C=O) groups is 2. The van der Waals surface area contributed by atoms with E-state index in [2.05, 4.69) is 5.32 Å². The summed E-state index contributed by atoms with van der Waals surface area (Å²) in [6.07, 6.45) is -0.674. The zero-order valence-electron chi connectivity index (χ0n) is 15.9. The van der Waals surface area contributed by atoms with Gasteiger partial charge in [0.25, 0.3) is 5.69 Å². The molecule has 0 saturated heterocycles. The summed E-state index contributed by atoms with van der Waals surface area (Å²) >= 11 is 0. The molecular formula is C20H22N2O6. The van der Waals surface area contributed by atoms with Crippen LogP contribution in [0, 0.1) is 10.1 Å². The third kappa shape index (κ3) is 6.71. The van der Waals surface area contributed by atoms with Crippen LogP contribution in [0.25, 0.3) is 0 Å². The molecule has 2 aromatic carbocycles. The Morgan fingerprint density at radius 3 is 2.21 bits per heavy atom. The summed E-state index contributed by atoms with van der Waals surface area (Å²) in [7, 11) is 0. The third-order valence-corrected chi connectivity index (χ3v) is 3.52. The molecule has 1 N–H and O–H groups in total. The second-order valence-electron chi connectivity index (χ2n) is 7.06. The average molecular weight is 386 g/mol. The molecule has 0 heterocycles. The molecule has 0 saturated carbocycles. The number of rotatable bonds is 6. The van der Waals surface area contributed by atoms with E-state index in [-0.39, 0.29) is 12.1 Å². The SMILES string of the molecule is CC(C)(C)OC(=O)N[C@@H](Cc1ccc([N+](=O)[O-])cc1)C(=O)Oc1ccccc1. The monoisotopic (exact) mass is 386 g/mol. The minimum absolute atomic E-state index is 0.0627. The van der Waals surface area contributed by atoms with Gasteiger partial charge in [-0.25, -0.2) is 9.59 Å². The Morgan fingerprint density at radius 1 is 1.07 bits per heavy atom. The summed E-state index contributed by atoms with van der Waals surface area (Å²) in [5.74, 6) is -0.331. The molecule has 28 heavy (non-hydrogen) atoms. The Bertz CT molecular complexity index is 828. The molecular weight excluding hydrogens is 364 g/mol. The van der Waals surface area contributed by atoms with Crippen LogP contribution in [0.2, 0.25) is 0 Å². The van der Waals surface area contributed by atoms with Crippen LogP contribution in [-0.2, 0) is 16.0 Å². The molecule has 148 valence electrons. The Morgan fingerprint density at radius 2 is 1.68 bits per heavy atom. The Kier molecular flexibility index (Phi) is 6.70. The normalized spacial score (nSPS) is 12.0. The van der Waals surface area contributed by atoms with Crippen LogP contribution in [0.4, 0.5) is 10.5 Å². The van der Waals surface area contributed by atoms with Gasteiger partial charge >= 0.3 is 12.1 Å². The van der Waals surface area contributed by atoms with Crippen LogP contribution in [0.1, 0.15) is 26.3 Å². The molecule has 0 fully saturated rings. The summed E-state index contributed by atoms with van der Waals surface area (Å²) < 4.78 is 10.5. The van der Waals surface area contributed by atoms with Gasteiger partial charge in [0.05, 0.1) is 4.92 Å². The van der Waals surface area contributed by atoms with Gasteiger partial charge in [-0.3, -0.25) is 10.1 Å². The zero-order valence-corrected chi connectivity index (χ0v) is 15.9. The van der Waals surface area contributed by atoms with E-state index in [1.807, 2.05) is 0 Å². The van der Waals surface area contributed by atoms with Gasteiger partial charge < -0.3 is 14.8 Å². The molecule has 2 rings (SSSR count). The highest BCUT2D eigenvalue weighted by molar-refractivity contribution is 5.83. The first-order chi connectivity index (χ1) is 13.1. The molecule has 8 heteroatoms. The second kappa shape index (κ2) is 8.98. The topological polar surface area (TPSA) is 108 Å². The lowest BCUT2D eigenvalue weighted by atomic mass is 10.1. The van der Waals surface area contributed by atoms with Crippen molar-refractivity contribution in [2.75, 3.05) is 0 Å². The van der Waals surface area contributed by atoms with Gasteiger partial charge in [-0.2, -0.15) is 0 Å². The van der Waals surface area contributed by atoms with E-state index in [1.54, 1.807) is 51.1 Å². The summed E-state index contributed by atoms with van der Waals surface area (Å²) in [5, 5.41) is 13.3. The first-order valence-corrected chi connectivity index (χ1v) is 8.63. The van der Waals surface area contributed by atoms with Gasteiger partial charge in [0.2, 0.25) is 0 Å². The van der Waals surface area contributed by atoms with Gasteiger partial charge in [0, 0.05) is 18.6 Å². The van der Waals surface area contributed by atoms with E-state index in [1.165, 1.54) is 24.3 Å². The van der Waals surface area contributed by atoms with Gasteiger partial charge in [-0.05, 0) is 38.5 Å². The minimum Gasteiger partial charge on any atom is -0.444 e. The predicted octanol–water partition coefficient (Wildman–Crippen LogP) is 3.64. The van der Waals surface area contributed by atoms with E-state index in [4.69, 9.17) is 9.47 Å². The van der Waals surface area contributed by atoms with Gasteiger partial charge in [0.1, 0.15) is 17.4 Å². The molecule has 0 unspecified atom stereocenters. The van der Waals surface area contributed by atoms with Crippen LogP contribution in [-0.4, -0.2) is 28.6 Å². The number of para-hydroxylation sites is 1. The number of nitro benzene ring substituents is 1. The number of hydrogen-bond donors (Lipinski definition) is 1. The zero-order chi connectivity index (χ0) is 20.7. The first-order valence-electron chi connectivity index (χ1n) is 8.63. The number of esters is 1. The van der Waals surface area contributed by atoms with Crippen LogP contribution in [0.15, 0.2) is 54.6 Å². The van der Waals surface area contributed by atoms with Crippen LogP contribution in [0.5, 0.6) is 5.75 Å². The Hall–Kier alpha value is -3.42. The number of hydrogen-bond acceptors (Lipinski definition) is 6. The van der Waals surface area contributed by atoms with Gasteiger partial charge in [0.15, 0.2) is 0 Å². The van der Waals surface area contributed by atoms with E-state index in [0.717, 1.165) is 0 Å². The van der Waals surface area contributed by atoms with E-state index >= 15 is 0 Å². The molecule has 0 bridgehead atoms. The second-order valence-corrected chi connectivity index (χ2v) is 7.06. The van der Waals surface area contributed by atoms with Crippen molar-refractivity contribution in [3.63, 3.8) is 0 Å². The summed E-state index contributed by atoms with van der Waals surface area (Å²) in [4.78, 5) is 35.0. The molecule has 0 aliphatic heterocycles. The number of alkyl carbamates (subject to hydrolysis) is 1. The lowest BCUT2D eigenvalue weighted by Gasteiger charge is -2.23. The maximum Gasteiger partial charge on any atom is 0.408 e. The fraction of sp³-hybridized carbons (Fsp3) is 0.300. The number of benzene rings is 2. The highest BCUT2D eigenvalue weighted by Gasteiger charge is 2.26. The average Bonchev–Trinajstić information content (AvgIpc) is 2.61. The third-order valence-electron chi connectivity index (χ3n) is 3.52. The van der Waals surface area contributed by atoms with Crippen LogP contribution < -0.4 is 10.1 Å². The fourth-order valence-electron chi connectivity index (χ4n) is 2.31. The maximum absolute atomic E-state index is 12.6. The Balaban J connectivity index is 2.15. The Labute approximate surface area is 162 Å². The molecule has 0 spiro atoms. The molecule has 2 aromatic rings. The van der Waals surface area contributed by atoms with E-state index in [9.17, 15) is 19.7 Å². The van der Waals surface area contributed by atoms with Crippen molar-refractivity contribution in [3.8, 4) is 5.75 Å². The standard InChI is InChI=1S/C20H22N2O6/c1-20(2,3)28-19(24)21-17(18(23)27-16-7-5-4-6-8-16)13-14-9-11-15(12-10-14)22(25)26/h4-12,17H,13H2,1-3H3,(H,21,24)/t17-/m0/s1. The smallest absolute Gasteiger partial charge is 0.408 e. The molecule has 0 aliphatic carbocycles. The predicted molar refractivity (Wildman–Crippen MR) is 102 cm³/mol. The van der Waals surface area contributed by atoms with Crippen molar-refractivity contribution < 1.29 is 24.0 Å². The number of carbonyl (C=O) groups excluding carboxylic acids is 2. The molecule has 1 amide bonds. The van der Waals surface area contributed by atoms with Crippen molar-refractivity contribution >= 4 is 17.7 Å². The number of non-ortho nitro benzene ring substituents is 1. The largest absolute Gasteiger partial charge is 0.444 e. The number of ether oxygens (including phenoxy) is 2. The van der Waals surface area contributed by atoms with E-state index < -0.39 is 28.6 Å². The van der Waals surface area contributed by atoms with Crippen LogP contribution >= 0.6 is 0 Å². The van der Waals surface area contributed by atoms with Gasteiger partial charge in [-0.15, -0.1) is 0 Å². The van der Waals surface area contributed by atoms with Crippen molar-refractivity contribution in [2.24, 2.45) is 0 Å². The maximum atomic E-state index is 12.6. The minimum atomic E-state index is -1.03. The number of nitrogens with zero attached hydrogens (tertiary/aromatic N) is 1. The van der Waals surface area contributed by atoms with Crippen LogP contribution in [0.3, 0.4) is 0 Å². The van der Waals surface area contributed by atoms with Crippen molar-refractivity contribution in [2.45, 2.75) is 38.8 Å².